The van der Waals surface area contributed by atoms with E-state index in [2.05, 4.69) is 0 Å². The molecule has 1 atom stereocenters. The smallest absolute Gasteiger partial charge is 0.370 e. The zero-order chi connectivity index (χ0) is 13.4. The molecular weight excluding hydrogens is 254 g/mol. The summed E-state index contributed by atoms with van der Waals surface area (Å²) < 4.78 is 9.83. The third-order valence-electron chi connectivity index (χ3n) is 1.88. The number of esters is 1. The summed E-state index contributed by atoms with van der Waals surface area (Å²) >= 11 is 0.950. The molecule has 0 fully saturated rings. The molecule has 1 aromatic rings. The predicted molar refractivity (Wildman–Crippen MR) is 69.3 cm³/mol. The van der Waals surface area contributed by atoms with Crippen LogP contribution in [0.3, 0.4) is 0 Å². The number of carbonyl (C=O) groups excluding carboxylic acids is 2. The van der Waals surface area contributed by atoms with E-state index in [9.17, 15) is 9.59 Å². The molecule has 98 valence electrons. The van der Waals surface area contributed by atoms with E-state index in [1.807, 2.05) is 0 Å². The molecule has 0 heterocycles. The van der Waals surface area contributed by atoms with Gasteiger partial charge in [-0.05, 0) is 23.9 Å². The fourth-order valence-electron chi connectivity index (χ4n) is 1.13. The maximum absolute atomic E-state index is 11.6. The van der Waals surface area contributed by atoms with Crippen molar-refractivity contribution in [1.82, 2.24) is 0 Å². The highest BCUT2D eigenvalue weighted by molar-refractivity contribution is 8.13. The van der Waals surface area contributed by atoms with E-state index in [0.717, 1.165) is 11.8 Å². The molecule has 1 rings (SSSR count). The van der Waals surface area contributed by atoms with Gasteiger partial charge in [-0.1, -0.05) is 18.2 Å². The highest BCUT2D eigenvalue weighted by atomic mass is 32.2. The van der Waals surface area contributed by atoms with Gasteiger partial charge >= 0.3 is 11.3 Å². The van der Waals surface area contributed by atoms with E-state index in [1.54, 1.807) is 30.3 Å². The van der Waals surface area contributed by atoms with E-state index in [4.69, 9.17) is 15.2 Å². The molecular formula is C12H15NO4S. The molecule has 0 saturated heterocycles. The highest BCUT2D eigenvalue weighted by Crippen LogP contribution is 2.09. The highest BCUT2D eigenvalue weighted by Gasteiger charge is 2.15. The van der Waals surface area contributed by atoms with Crippen molar-refractivity contribution in [2.75, 3.05) is 12.3 Å². The first-order valence-corrected chi connectivity index (χ1v) is 6.41. The number of thioether (sulfide) groups is 1. The lowest BCUT2D eigenvalue weighted by atomic mass is 10.2. The zero-order valence-electron chi connectivity index (χ0n) is 10.00. The van der Waals surface area contributed by atoms with Gasteiger partial charge < -0.3 is 15.2 Å². The third kappa shape index (κ3) is 5.20. The minimum atomic E-state index is -0.921. The summed E-state index contributed by atoms with van der Waals surface area (Å²) in [6.45, 7) is 1.87. The SMILES string of the molecule is C[C@H](OC(=O)SCCN)OC(=O)c1ccccc1. The van der Waals surface area contributed by atoms with Crippen LogP contribution in [0.25, 0.3) is 0 Å². The maximum Gasteiger partial charge on any atom is 0.370 e. The van der Waals surface area contributed by atoms with Crippen molar-refractivity contribution in [3.05, 3.63) is 35.9 Å². The van der Waals surface area contributed by atoms with Gasteiger partial charge in [0.1, 0.15) is 0 Å². The molecule has 1 aromatic carbocycles. The lowest BCUT2D eigenvalue weighted by molar-refractivity contribution is -0.0526. The average molecular weight is 269 g/mol. The molecule has 0 unspecified atom stereocenters. The molecule has 5 nitrogen and oxygen atoms in total. The molecule has 0 aromatic heterocycles. The van der Waals surface area contributed by atoms with Gasteiger partial charge in [0.25, 0.3) is 0 Å². The van der Waals surface area contributed by atoms with Gasteiger partial charge in [-0.3, -0.25) is 0 Å². The fourth-order valence-corrected chi connectivity index (χ4v) is 1.62. The second-order valence-electron chi connectivity index (χ2n) is 3.34. The van der Waals surface area contributed by atoms with Crippen molar-refractivity contribution in [1.29, 1.82) is 0 Å². The van der Waals surface area contributed by atoms with Crippen molar-refractivity contribution >= 4 is 23.0 Å². The van der Waals surface area contributed by atoms with Crippen molar-refractivity contribution in [3.63, 3.8) is 0 Å². The van der Waals surface area contributed by atoms with E-state index in [-0.39, 0.29) is 0 Å². The molecule has 0 radical (unpaired) electrons. The molecule has 18 heavy (non-hydrogen) atoms. The Labute approximate surface area is 110 Å². The summed E-state index contributed by atoms with van der Waals surface area (Å²) in [6.07, 6.45) is -0.921. The van der Waals surface area contributed by atoms with Gasteiger partial charge in [-0.2, -0.15) is 0 Å². The maximum atomic E-state index is 11.6. The largest absolute Gasteiger partial charge is 0.422 e. The molecule has 0 aliphatic rings. The van der Waals surface area contributed by atoms with Crippen molar-refractivity contribution in [2.45, 2.75) is 13.2 Å². The third-order valence-corrected chi connectivity index (χ3v) is 2.65. The molecule has 0 amide bonds. The van der Waals surface area contributed by atoms with Crippen molar-refractivity contribution < 1.29 is 19.1 Å². The number of rotatable bonds is 5. The molecule has 0 bridgehead atoms. The summed E-state index contributed by atoms with van der Waals surface area (Å²) in [5.74, 6) is -0.0576. The summed E-state index contributed by atoms with van der Waals surface area (Å²) in [7, 11) is 0. The van der Waals surface area contributed by atoms with Crippen LogP contribution in [-0.4, -0.2) is 29.9 Å². The van der Waals surface area contributed by atoms with Crippen LogP contribution in [0.2, 0.25) is 0 Å². The predicted octanol–water partition coefficient (Wildman–Crippen LogP) is 2.02. The number of ether oxygens (including phenoxy) is 2. The summed E-state index contributed by atoms with van der Waals surface area (Å²) in [4.78, 5) is 22.8. The first-order chi connectivity index (χ1) is 8.63. The van der Waals surface area contributed by atoms with Crippen LogP contribution in [0.1, 0.15) is 17.3 Å². The first-order valence-electron chi connectivity index (χ1n) is 5.43. The zero-order valence-corrected chi connectivity index (χ0v) is 10.8. The fraction of sp³-hybridized carbons (Fsp3) is 0.333. The Morgan fingerprint density at radius 2 is 1.94 bits per heavy atom. The standard InChI is InChI=1S/C12H15NO4S/c1-9(17-12(15)18-8-7-13)16-11(14)10-5-3-2-4-6-10/h2-6,9H,7-8,13H2,1H3/t9-/m0/s1. The van der Waals surface area contributed by atoms with Gasteiger partial charge in [-0.15, -0.1) is 0 Å². The molecule has 0 aliphatic carbocycles. The second kappa shape index (κ2) is 7.73. The Hall–Kier alpha value is -1.53. The van der Waals surface area contributed by atoms with Crippen LogP contribution < -0.4 is 5.73 Å². The van der Waals surface area contributed by atoms with E-state index < -0.39 is 17.6 Å². The Balaban J connectivity index is 2.38. The normalized spacial score (nSPS) is 11.7. The van der Waals surface area contributed by atoms with Crippen LogP contribution >= 0.6 is 11.8 Å². The van der Waals surface area contributed by atoms with E-state index >= 15 is 0 Å². The topological polar surface area (TPSA) is 78.6 Å². The van der Waals surface area contributed by atoms with Gasteiger partial charge in [0.2, 0.25) is 6.29 Å². The molecule has 0 saturated carbocycles. The lowest BCUT2D eigenvalue weighted by Gasteiger charge is -2.13. The van der Waals surface area contributed by atoms with Crippen LogP contribution in [0.5, 0.6) is 0 Å². The van der Waals surface area contributed by atoms with Crippen molar-refractivity contribution in [2.24, 2.45) is 5.73 Å². The summed E-state index contributed by atoms with van der Waals surface area (Å²) in [6, 6.07) is 8.50. The number of carbonyl (C=O) groups is 2. The Bertz CT molecular complexity index is 396. The van der Waals surface area contributed by atoms with Gasteiger partial charge in [-0.25, -0.2) is 9.59 Å². The van der Waals surface area contributed by atoms with Crippen LogP contribution in [0, 0.1) is 0 Å². The molecule has 0 spiro atoms. The second-order valence-corrected chi connectivity index (χ2v) is 4.37. The Morgan fingerprint density at radius 1 is 1.28 bits per heavy atom. The number of hydrogen-bond donors (Lipinski definition) is 1. The molecule has 6 heteroatoms. The van der Waals surface area contributed by atoms with Crippen LogP contribution in [-0.2, 0) is 9.47 Å². The minimum Gasteiger partial charge on any atom is -0.422 e. The van der Waals surface area contributed by atoms with Gasteiger partial charge in [0.15, 0.2) is 0 Å². The quantitative estimate of drug-likeness (QED) is 0.650. The molecule has 0 aliphatic heterocycles. The lowest BCUT2D eigenvalue weighted by Crippen LogP contribution is -2.20. The minimum absolute atomic E-state index is 0.387. The monoisotopic (exact) mass is 269 g/mol. The van der Waals surface area contributed by atoms with E-state index in [0.29, 0.717) is 17.9 Å². The van der Waals surface area contributed by atoms with Gasteiger partial charge in [0, 0.05) is 19.2 Å². The number of hydrogen-bond acceptors (Lipinski definition) is 6. The Morgan fingerprint density at radius 3 is 2.56 bits per heavy atom. The summed E-state index contributed by atoms with van der Waals surface area (Å²) in [5, 5.41) is -0.506. The number of nitrogens with two attached hydrogens (primary N) is 1. The van der Waals surface area contributed by atoms with E-state index in [1.165, 1.54) is 6.92 Å². The average Bonchev–Trinajstić information content (AvgIpc) is 2.37. The summed E-state index contributed by atoms with van der Waals surface area (Å²) in [5.41, 5.74) is 5.66. The first kappa shape index (κ1) is 14.5. The Kier molecular flexibility index (Phi) is 6.24. The van der Waals surface area contributed by atoms with Gasteiger partial charge in [0.05, 0.1) is 5.56 Å². The molecule has 2 N–H and O–H groups in total. The van der Waals surface area contributed by atoms with Crippen LogP contribution in [0.4, 0.5) is 4.79 Å². The van der Waals surface area contributed by atoms with Crippen LogP contribution in [0.15, 0.2) is 30.3 Å². The van der Waals surface area contributed by atoms with Crippen molar-refractivity contribution in [3.8, 4) is 0 Å². The number of benzene rings is 1.